The highest BCUT2D eigenvalue weighted by Gasteiger charge is 2.28. The van der Waals surface area contributed by atoms with Crippen LogP contribution in [0.4, 0.5) is 0 Å². The summed E-state index contributed by atoms with van der Waals surface area (Å²) in [6, 6.07) is -1.01. The second-order valence-corrected chi connectivity index (χ2v) is 10.4. The van der Waals surface area contributed by atoms with Gasteiger partial charge in [-0.2, -0.15) is 0 Å². The highest BCUT2D eigenvalue weighted by Crippen LogP contribution is 2.12. The molecule has 4 unspecified atom stereocenters. The Kier molecular flexibility index (Phi) is 26.1. The van der Waals surface area contributed by atoms with Gasteiger partial charge in [-0.25, -0.2) is 0 Å². The molecule has 0 saturated heterocycles. The van der Waals surface area contributed by atoms with Crippen molar-refractivity contribution in [3.05, 3.63) is 36.5 Å². The first kappa shape index (κ1) is 36.5. The molecule has 38 heavy (non-hydrogen) atoms. The van der Waals surface area contributed by atoms with Gasteiger partial charge in [-0.15, -0.1) is 0 Å². The Hall–Kier alpha value is -1.47. The standard InChI is InChI=1S/C32H59NO5/c1-3-5-7-9-11-13-15-17-19-21-23-25-29(35)31(37)28(27-34)33-32(38)30(36)26-24-22-20-18-16-14-12-10-8-6-4-2/h9,11-12,14,17,19,28-31,34-37H,3-8,10,13,15-16,18,20-27H2,1-2H3,(H,33,38)/b11-9+,14-12-,19-17+. The summed E-state index contributed by atoms with van der Waals surface area (Å²) >= 11 is 0. The number of rotatable bonds is 26. The summed E-state index contributed by atoms with van der Waals surface area (Å²) in [4.78, 5) is 12.3. The monoisotopic (exact) mass is 537 g/mol. The summed E-state index contributed by atoms with van der Waals surface area (Å²) in [5.41, 5.74) is 0. The molecule has 0 saturated carbocycles. The molecular weight excluding hydrogens is 478 g/mol. The zero-order valence-electron chi connectivity index (χ0n) is 24.4. The van der Waals surface area contributed by atoms with Crippen molar-refractivity contribution < 1.29 is 25.2 Å². The average molecular weight is 538 g/mol. The maximum absolute atomic E-state index is 12.3. The van der Waals surface area contributed by atoms with Crippen LogP contribution in [-0.2, 0) is 4.79 Å². The molecule has 0 fully saturated rings. The van der Waals surface area contributed by atoms with Crippen molar-refractivity contribution in [2.24, 2.45) is 0 Å². The van der Waals surface area contributed by atoms with Gasteiger partial charge in [0.1, 0.15) is 12.2 Å². The summed E-state index contributed by atoms with van der Waals surface area (Å²) in [6.45, 7) is 3.89. The first-order valence-corrected chi connectivity index (χ1v) is 15.4. The van der Waals surface area contributed by atoms with Gasteiger partial charge >= 0.3 is 0 Å². The molecule has 0 aromatic rings. The normalized spacial score (nSPS) is 15.4. The van der Waals surface area contributed by atoms with Gasteiger partial charge in [0.05, 0.1) is 18.8 Å². The summed E-state index contributed by atoms with van der Waals surface area (Å²) < 4.78 is 0. The highest BCUT2D eigenvalue weighted by atomic mass is 16.3. The smallest absolute Gasteiger partial charge is 0.249 e. The van der Waals surface area contributed by atoms with E-state index < -0.39 is 36.9 Å². The molecule has 6 heteroatoms. The molecular formula is C32H59NO5. The fourth-order valence-corrected chi connectivity index (χ4v) is 4.22. The fourth-order valence-electron chi connectivity index (χ4n) is 4.22. The molecule has 0 aliphatic heterocycles. The van der Waals surface area contributed by atoms with E-state index in [1.807, 2.05) is 0 Å². The van der Waals surface area contributed by atoms with E-state index in [0.717, 1.165) is 64.2 Å². The van der Waals surface area contributed by atoms with Crippen molar-refractivity contribution in [3.63, 3.8) is 0 Å². The number of hydrogen-bond donors (Lipinski definition) is 5. The Balaban J connectivity index is 4.03. The Labute approximate surface area is 233 Å². The van der Waals surface area contributed by atoms with Crippen molar-refractivity contribution >= 4 is 5.91 Å². The molecule has 1 amide bonds. The van der Waals surface area contributed by atoms with E-state index in [1.54, 1.807) is 0 Å². The van der Waals surface area contributed by atoms with Crippen LogP contribution < -0.4 is 5.32 Å². The van der Waals surface area contributed by atoms with Crippen molar-refractivity contribution in [1.29, 1.82) is 0 Å². The number of nitrogens with one attached hydrogen (secondary N) is 1. The molecule has 0 spiro atoms. The first-order valence-electron chi connectivity index (χ1n) is 15.4. The summed E-state index contributed by atoms with van der Waals surface area (Å²) in [5.74, 6) is -0.614. The number of aliphatic hydroxyl groups is 4. The summed E-state index contributed by atoms with van der Waals surface area (Å²) in [7, 11) is 0. The van der Waals surface area contributed by atoms with Gasteiger partial charge in [-0.05, 0) is 70.6 Å². The largest absolute Gasteiger partial charge is 0.394 e. The van der Waals surface area contributed by atoms with Crippen LogP contribution in [0.1, 0.15) is 129 Å². The number of allylic oxidation sites excluding steroid dienone is 6. The van der Waals surface area contributed by atoms with E-state index >= 15 is 0 Å². The maximum Gasteiger partial charge on any atom is 0.249 e. The van der Waals surface area contributed by atoms with Crippen molar-refractivity contribution in [1.82, 2.24) is 5.32 Å². The van der Waals surface area contributed by atoms with Gasteiger partial charge in [0.25, 0.3) is 0 Å². The average Bonchev–Trinajstić information content (AvgIpc) is 2.92. The molecule has 0 aromatic heterocycles. The van der Waals surface area contributed by atoms with E-state index in [2.05, 4.69) is 55.6 Å². The van der Waals surface area contributed by atoms with E-state index in [0.29, 0.717) is 19.3 Å². The molecule has 0 aliphatic rings. The first-order chi connectivity index (χ1) is 18.5. The lowest BCUT2D eigenvalue weighted by Crippen LogP contribution is -2.53. The highest BCUT2D eigenvalue weighted by molar-refractivity contribution is 5.80. The number of amides is 1. The van der Waals surface area contributed by atoms with Crippen LogP contribution in [0.25, 0.3) is 0 Å². The number of hydrogen-bond acceptors (Lipinski definition) is 5. The van der Waals surface area contributed by atoms with Gasteiger partial charge in [0, 0.05) is 0 Å². The molecule has 0 aromatic carbocycles. The minimum absolute atomic E-state index is 0.344. The van der Waals surface area contributed by atoms with Crippen LogP contribution in [0.2, 0.25) is 0 Å². The third kappa shape index (κ3) is 21.5. The van der Waals surface area contributed by atoms with Gasteiger partial charge in [0.2, 0.25) is 5.91 Å². The molecule has 0 rings (SSSR count). The minimum atomic E-state index is -1.29. The van der Waals surface area contributed by atoms with Gasteiger partial charge in [-0.3, -0.25) is 4.79 Å². The number of unbranched alkanes of at least 4 members (excludes halogenated alkanes) is 11. The number of carbonyl (C=O) groups is 1. The van der Waals surface area contributed by atoms with Crippen LogP contribution in [0, 0.1) is 0 Å². The molecule has 222 valence electrons. The summed E-state index contributed by atoms with van der Waals surface area (Å²) in [6.07, 6.45) is 27.4. The predicted molar refractivity (Wildman–Crippen MR) is 159 cm³/mol. The lowest BCUT2D eigenvalue weighted by Gasteiger charge is -2.27. The second-order valence-electron chi connectivity index (χ2n) is 10.4. The van der Waals surface area contributed by atoms with Crippen molar-refractivity contribution in [3.8, 4) is 0 Å². The number of aliphatic hydroxyl groups excluding tert-OH is 4. The molecule has 6 nitrogen and oxygen atoms in total. The van der Waals surface area contributed by atoms with Gasteiger partial charge in [0.15, 0.2) is 0 Å². The molecule has 0 heterocycles. The molecule has 0 radical (unpaired) electrons. The Morgan fingerprint density at radius 1 is 0.632 bits per heavy atom. The van der Waals surface area contributed by atoms with E-state index in [-0.39, 0.29) is 0 Å². The Morgan fingerprint density at radius 2 is 1.13 bits per heavy atom. The quantitative estimate of drug-likeness (QED) is 0.0659. The van der Waals surface area contributed by atoms with Gasteiger partial charge in [-0.1, -0.05) is 95.2 Å². The third-order valence-corrected chi connectivity index (χ3v) is 6.80. The predicted octanol–water partition coefficient (Wildman–Crippen LogP) is 6.28. The zero-order valence-corrected chi connectivity index (χ0v) is 24.4. The third-order valence-electron chi connectivity index (χ3n) is 6.80. The van der Waals surface area contributed by atoms with Crippen molar-refractivity contribution in [2.75, 3.05) is 6.61 Å². The minimum Gasteiger partial charge on any atom is -0.394 e. The number of carbonyl (C=O) groups excluding carboxylic acids is 1. The van der Waals surface area contributed by atoms with Crippen LogP contribution >= 0.6 is 0 Å². The molecule has 4 atom stereocenters. The molecule has 5 N–H and O–H groups in total. The van der Waals surface area contributed by atoms with Crippen LogP contribution in [0.5, 0.6) is 0 Å². The van der Waals surface area contributed by atoms with E-state index in [9.17, 15) is 25.2 Å². The van der Waals surface area contributed by atoms with Crippen LogP contribution in [0.3, 0.4) is 0 Å². The second kappa shape index (κ2) is 27.1. The molecule has 0 aliphatic carbocycles. The van der Waals surface area contributed by atoms with Crippen LogP contribution in [0.15, 0.2) is 36.5 Å². The lowest BCUT2D eigenvalue weighted by atomic mass is 10.00. The summed E-state index contributed by atoms with van der Waals surface area (Å²) in [5, 5.41) is 43.0. The van der Waals surface area contributed by atoms with Gasteiger partial charge < -0.3 is 25.7 Å². The topological polar surface area (TPSA) is 110 Å². The Morgan fingerprint density at radius 3 is 1.71 bits per heavy atom. The zero-order chi connectivity index (χ0) is 28.3. The van der Waals surface area contributed by atoms with Crippen LogP contribution in [-0.4, -0.2) is 57.3 Å². The fraction of sp³-hybridized carbons (Fsp3) is 0.781. The van der Waals surface area contributed by atoms with Crippen molar-refractivity contribution in [2.45, 2.75) is 154 Å². The lowest BCUT2D eigenvalue weighted by molar-refractivity contribution is -0.132. The Bertz CT molecular complexity index is 619. The molecule has 0 bridgehead atoms. The van der Waals surface area contributed by atoms with E-state index in [4.69, 9.17) is 0 Å². The SMILES string of the molecule is CCCC/C=C/CC/C=C/CCCC(O)C(O)C(CO)NC(=O)C(O)CCCCCC/C=C\CCCCC. The maximum atomic E-state index is 12.3. The van der Waals surface area contributed by atoms with E-state index in [1.165, 1.54) is 32.1 Å².